The normalized spacial score (nSPS) is 11.6. The van der Waals surface area contributed by atoms with Crippen molar-refractivity contribution in [1.29, 1.82) is 0 Å². The molecule has 0 fully saturated rings. The summed E-state index contributed by atoms with van der Waals surface area (Å²) in [4.78, 5) is 29.1. The monoisotopic (exact) mass is 364 g/mol. The molecule has 26 heavy (non-hydrogen) atoms. The third-order valence-electron chi connectivity index (χ3n) is 4.06. The van der Waals surface area contributed by atoms with Gasteiger partial charge in [-0.05, 0) is 30.7 Å². The molecule has 0 aliphatic heterocycles. The minimum absolute atomic E-state index is 0.0700. The minimum atomic E-state index is -0.434. The van der Waals surface area contributed by atoms with Gasteiger partial charge in [0.05, 0.1) is 10.9 Å². The van der Waals surface area contributed by atoms with Crippen LogP contribution in [0.3, 0.4) is 0 Å². The van der Waals surface area contributed by atoms with Crippen molar-refractivity contribution in [3.63, 3.8) is 0 Å². The van der Waals surface area contributed by atoms with Gasteiger partial charge < -0.3 is 5.32 Å². The van der Waals surface area contributed by atoms with Gasteiger partial charge in [0.25, 0.3) is 0 Å². The third-order valence-corrected chi connectivity index (χ3v) is 4.28. The summed E-state index contributed by atoms with van der Waals surface area (Å²) in [6.45, 7) is 1.79. The first-order valence-corrected chi connectivity index (χ1v) is 8.54. The van der Waals surface area contributed by atoms with E-state index in [0.29, 0.717) is 22.0 Å². The fourth-order valence-corrected chi connectivity index (χ4v) is 2.65. The van der Waals surface area contributed by atoms with Crippen LogP contribution in [0.1, 0.15) is 34.3 Å². The number of carbonyl (C=O) groups is 2. The summed E-state index contributed by atoms with van der Waals surface area (Å²) >= 11 is 5.80. The number of hydrogen-bond acceptors (Lipinski definition) is 3. The Kier molecular flexibility index (Phi) is 5.44. The molecule has 0 aliphatic carbocycles. The number of nitrogens with one attached hydrogen (secondary N) is 1. The lowest BCUT2D eigenvalue weighted by Gasteiger charge is -2.13. The Hall–Kier alpha value is -2.98. The number of ketones is 1. The Morgan fingerprint density at radius 1 is 0.962 bits per heavy atom. The molecule has 2 aromatic carbocycles. The summed E-state index contributed by atoms with van der Waals surface area (Å²) in [6.07, 6.45) is 1.47. The van der Waals surface area contributed by atoms with Crippen LogP contribution in [0.15, 0.2) is 72.9 Å². The van der Waals surface area contributed by atoms with Gasteiger partial charge in [0, 0.05) is 17.3 Å². The standard InChI is InChI=1S/C21H17ClN2O2/c1-14(21(26)24-19-11-10-18(22)13-23-19)16-8-5-9-17(12-16)20(25)15-6-3-2-4-7-15/h2-14H,1H3,(H,23,24,26). The van der Waals surface area contributed by atoms with Crippen LogP contribution in [-0.2, 0) is 4.79 Å². The van der Waals surface area contributed by atoms with Crippen LogP contribution < -0.4 is 5.32 Å². The second-order valence-corrected chi connectivity index (χ2v) is 6.33. The van der Waals surface area contributed by atoms with E-state index < -0.39 is 5.92 Å². The van der Waals surface area contributed by atoms with Gasteiger partial charge >= 0.3 is 0 Å². The van der Waals surface area contributed by atoms with Crippen molar-refractivity contribution in [3.05, 3.63) is 94.6 Å². The molecule has 1 unspecified atom stereocenters. The van der Waals surface area contributed by atoms with Crippen molar-refractivity contribution < 1.29 is 9.59 Å². The van der Waals surface area contributed by atoms with E-state index in [4.69, 9.17) is 11.6 Å². The number of aromatic nitrogens is 1. The summed E-state index contributed by atoms with van der Waals surface area (Å²) in [5.41, 5.74) is 1.93. The van der Waals surface area contributed by atoms with Gasteiger partial charge in [-0.1, -0.05) is 60.1 Å². The predicted molar refractivity (Wildman–Crippen MR) is 103 cm³/mol. The van der Waals surface area contributed by atoms with E-state index in [9.17, 15) is 9.59 Å². The molecule has 0 aliphatic rings. The molecule has 1 N–H and O–H groups in total. The highest BCUT2D eigenvalue weighted by Gasteiger charge is 2.18. The Morgan fingerprint density at radius 2 is 1.69 bits per heavy atom. The molecule has 1 heterocycles. The molecule has 3 aromatic rings. The Labute approximate surface area is 156 Å². The van der Waals surface area contributed by atoms with Crippen molar-refractivity contribution in [1.82, 2.24) is 4.98 Å². The van der Waals surface area contributed by atoms with Crippen molar-refractivity contribution >= 4 is 29.1 Å². The fourth-order valence-electron chi connectivity index (χ4n) is 2.54. The quantitative estimate of drug-likeness (QED) is 0.667. The van der Waals surface area contributed by atoms with Gasteiger partial charge in [-0.25, -0.2) is 4.98 Å². The lowest BCUT2D eigenvalue weighted by atomic mass is 9.95. The number of nitrogens with zero attached hydrogens (tertiary/aromatic N) is 1. The average Bonchev–Trinajstić information content (AvgIpc) is 2.69. The maximum Gasteiger partial charge on any atom is 0.232 e. The number of benzene rings is 2. The molecule has 3 rings (SSSR count). The lowest BCUT2D eigenvalue weighted by Crippen LogP contribution is -2.19. The van der Waals surface area contributed by atoms with E-state index in [0.717, 1.165) is 5.56 Å². The molecule has 0 bridgehead atoms. The molecule has 0 saturated carbocycles. The van der Waals surface area contributed by atoms with E-state index >= 15 is 0 Å². The molecule has 1 atom stereocenters. The number of pyridine rings is 1. The van der Waals surface area contributed by atoms with Crippen molar-refractivity contribution in [2.45, 2.75) is 12.8 Å². The van der Waals surface area contributed by atoms with Crippen molar-refractivity contribution in [3.8, 4) is 0 Å². The molecule has 130 valence electrons. The highest BCUT2D eigenvalue weighted by Crippen LogP contribution is 2.20. The maximum atomic E-state index is 12.6. The summed E-state index contributed by atoms with van der Waals surface area (Å²) in [7, 11) is 0. The zero-order valence-corrected chi connectivity index (χ0v) is 14.9. The predicted octanol–water partition coefficient (Wildman–Crippen LogP) is 4.71. The van der Waals surface area contributed by atoms with E-state index in [1.54, 1.807) is 49.4 Å². The van der Waals surface area contributed by atoms with Crippen LogP contribution in [0.2, 0.25) is 5.02 Å². The second-order valence-electron chi connectivity index (χ2n) is 5.89. The summed E-state index contributed by atoms with van der Waals surface area (Å²) in [6, 6.07) is 19.5. The average molecular weight is 365 g/mol. The number of halogens is 1. The Morgan fingerprint density at radius 3 is 2.38 bits per heavy atom. The van der Waals surface area contributed by atoms with Crippen LogP contribution in [0.4, 0.5) is 5.82 Å². The van der Waals surface area contributed by atoms with Gasteiger partial charge in [0.2, 0.25) is 5.91 Å². The SMILES string of the molecule is CC(C(=O)Nc1ccc(Cl)cn1)c1cccc(C(=O)c2ccccc2)c1. The highest BCUT2D eigenvalue weighted by molar-refractivity contribution is 6.30. The number of rotatable bonds is 5. The zero-order chi connectivity index (χ0) is 18.5. The van der Waals surface area contributed by atoms with Crippen LogP contribution in [-0.4, -0.2) is 16.7 Å². The lowest BCUT2D eigenvalue weighted by molar-refractivity contribution is -0.117. The van der Waals surface area contributed by atoms with Crippen LogP contribution in [0.5, 0.6) is 0 Å². The van der Waals surface area contributed by atoms with Crippen LogP contribution >= 0.6 is 11.6 Å². The van der Waals surface area contributed by atoms with Crippen molar-refractivity contribution in [2.24, 2.45) is 0 Å². The van der Waals surface area contributed by atoms with Crippen molar-refractivity contribution in [2.75, 3.05) is 5.32 Å². The number of amides is 1. The first kappa shape index (κ1) is 17.8. The molecule has 5 heteroatoms. The molecule has 0 spiro atoms. The smallest absolute Gasteiger partial charge is 0.232 e. The van der Waals surface area contributed by atoms with Gasteiger partial charge in [0.1, 0.15) is 5.82 Å². The molecular formula is C21H17ClN2O2. The van der Waals surface area contributed by atoms with Gasteiger partial charge in [-0.3, -0.25) is 9.59 Å². The van der Waals surface area contributed by atoms with Gasteiger partial charge in [0.15, 0.2) is 5.78 Å². The second kappa shape index (κ2) is 7.93. The van der Waals surface area contributed by atoms with Gasteiger partial charge in [-0.2, -0.15) is 0 Å². The van der Waals surface area contributed by atoms with E-state index in [1.165, 1.54) is 6.20 Å². The highest BCUT2D eigenvalue weighted by atomic mass is 35.5. The minimum Gasteiger partial charge on any atom is -0.310 e. The molecule has 1 aromatic heterocycles. The topological polar surface area (TPSA) is 59.1 Å². The molecule has 0 radical (unpaired) electrons. The number of hydrogen-bond donors (Lipinski definition) is 1. The van der Waals surface area contributed by atoms with E-state index in [1.807, 2.05) is 24.3 Å². The largest absolute Gasteiger partial charge is 0.310 e. The zero-order valence-electron chi connectivity index (χ0n) is 14.1. The van der Waals surface area contributed by atoms with Crippen LogP contribution in [0, 0.1) is 0 Å². The number of carbonyl (C=O) groups excluding carboxylic acids is 2. The first-order valence-electron chi connectivity index (χ1n) is 8.17. The first-order chi connectivity index (χ1) is 12.5. The third kappa shape index (κ3) is 4.16. The molecule has 0 saturated heterocycles. The van der Waals surface area contributed by atoms with Gasteiger partial charge in [-0.15, -0.1) is 0 Å². The van der Waals surface area contributed by atoms with E-state index in [2.05, 4.69) is 10.3 Å². The molecule has 1 amide bonds. The van der Waals surface area contributed by atoms with Crippen LogP contribution in [0.25, 0.3) is 0 Å². The fraction of sp³-hybridized carbons (Fsp3) is 0.0952. The Balaban J connectivity index is 1.77. The Bertz CT molecular complexity index is 924. The van der Waals surface area contributed by atoms with E-state index in [-0.39, 0.29) is 11.7 Å². The summed E-state index contributed by atoms with van der Waals surface area (Å²) in [5.74, 6) is -0.276. The summed E-state index contributed by atoms with van der Waals surface area (Å²) in [5, 5.41) is 3.26. The molecular weight excluding hydrogens is 348 g/mol. The maximum absolute atomic E-state index is 12.6. The summed E-state index contributed by atoms with van der Waals surface area (Å²) < 4.78 is 0. The number of anilines is 1. The molecule has 4 nitrogen and oxygen atoms in total.